The van der Waals surface area contributed by atoms with Crippen molar-refractivity contribution in [3.8, 4) is 11.5 Å². The lowest BCUT2D eigenvalue weighted by Crippen LogP contribution is -2.40. The van der Waals surface area contributed by atoms with Crippen LogP contribution in [0.2, 0.25) is 0 Å². The smallest absolute Gasteiger partial charge is 0.253 e. The highest BCUT2D eigenvalue weighted by atomic mass is 16.5. The molecule has 1 N–H and O–H groups in total. The molecule has 1 amide bonds. The molecule has 128 valence electrons. The van der Waals surface area contributed by atoms with E-state index in [1.54, 1.807) is 17.0 Å². The fourth-order valence-corrected chi connectivity index (χ4v) is 2.55. The van der Waals surface area contributed by atoms with Crippen molar-refractivity contribution in [1.82, 2.24) is 4.90 Å². The molecule has 23 heavy (non-hydrogen) atoms. The summed E-state index contributed by atoms with van der Waals surface area (Å²) in [5.74, 6) is 1.30. The first kappa shape index (κ1) is 17.6. The number of hydrogen-bond donors (Lipinski definition) is 1. The monoisotopic (exact) mass is 321 g/mol. The maximum Gasteiger partial charge on any atom is 0.253 e. The summed E-state index contributed by atoms with van der Waals surface area (Å²) in [6.07, 6.45) is 2.82. The van der Waals surface area contributed by atoms with E-state index in [1.807, 2.05) is 13.0 Å². The summed E-state index contributed by atoms with van der Waals surface area (Å²) < 4.78 is 11.4. The van der Waals surface area contributed by atoms with E-state index in [4.69, 9.17) is 9.47 Å². The quantitative estimate of drug-likeness (QED) is 0.839. The predicted molar refractivity (Wildman–Crippen MR) is 89.2 cm³/mol. The lowest BCUT2D eigenvalue weighted by atomic mass is 10.1. The second-order valence-corrected chi connectivity index (χ2v) is 5.88. The van der Waals surface area contributed by atoms with Crippen molar-refractivity contribution in [1.29, 1.82) is 0 Å². The number of amides is 1. The lowest BCUT2D eigenvalue weighted by Gasteiger charge is -2.29. The Morgan fingerprint density at radius 3 is 2.35 bits per heavy atom. The molecule has 0 atom stereocenters. The molecule has 0 aliphatic carbocycles. The second kappa shape index (κ2) is 8.77. The van der Waals surface area contributed by atoms with E-state index in [2.05, 4.69) is 6.92 Å². The first-order chi connectivity index (χ1) is 11.2. The largest absolute Gasteiger partial charge is 0.490 e. The lowest BCUT2D eigenvalue weighted by molar-refractivity contribution is 0.0546. The van der Waals surface area contributed by atoms with Crippen LogP contribution in [0.4, 0.5) is 0 Å². The van der Waals surface area contributed by atoms with Gasteiger partial charge in [-0.25, -0.2) is 0 Å². The molecular formula is C18H27NO4. The van der Waals surface area contributed by atoms with E-state index < -0.39 is 0 Å². The molecule has 1 aromatic carbocycles. The van der Waals surface area contributed by atoms with Gasteiger partial charge in [0.1, 0.15) is 0 Å². The zero-order valence-corrected chi connectivity index (χ0v) is 14.1. The average Bonchev–Trinajstić information content (AvgIpc) is 2.58. The summed E-state index contributed by atoms with van der Waals surface area (Å²) in [7, 11) is 0. The third kappa shape index (κ3) is 4.86. The van der Waals surface area contributed by atoms with Gasteiger partial charge >= 0.3 is 0 Å². The van der Waals surface area contributed by atoms with Crippen LogP contribution >= 0.6 is 0 Å². The number of hydrogen-bond acceptors (Lipinski definition) is 4. The number of aliphatic hydroxyl groups is 1. The second-order valence-electron chi connectivity index (χ2n) is 5.88. The molecule has 0 saturated carbocycles. The molecule has 1 aliphatic heterocycles. The molecule has 1 aliphatic rings. The zero-order chi connectivity index (χ0) is 16.7. The van der Waals surface area contributed by atoms with E-state index in [9.17, 15) is 9.90 Å². The Labute approximate surface area is 138 Å². The van der Waals surface area contributed by atoms with Crippen molar-refractivity contribution in [2.75, 3.05) is 26.3 Å². The molecule has 2 rings (SSSR count). The van der Waals surface area contributed by atoms with Gasteiger partial charge in [0, 0.05) is 18.7 Å². The Hall–Kier alpha value is -1.75. The number of aliphatic hydroxyl groups excluding tert-OH is 1. The summed E-state index contributed by atoms with van der Waals surface area (Å²) >= 11 is 0. The Balaban J connectivity index is 2.13. The van der Waals surface area contributed by atoms with Gasteiger partial charge in [0.2, 0.25) is 0 Å². The number of benzene rings is 1. The summed E-state index contributed by atoms with van der Waals surface area (Å²) in [6.45, 7) is 6.50. The van der Waals surface area contributed by atoms with Crippen molar-refractivity contribution in [3.63, 3.8) is 0 Å². The van der Waals surface area contributed by atoms with Gasteiger partial charge in [0.15, 0.2) is 11.5 Å². The van der Waals surface area contributed by atoms with Crippen LogP contribution in [0.1, 0.15) is 49.9 Å². The molecule has 5 nitrogen and oxygen atoms in total. The Morgan fingerprint density at radius 2 is 1.74 bits per heavy atom. The minimum Gasteiger partial charge on any atom is -0.490 e. The van der Waals surface area contributed by atoms with Gasteiger partial charge < -0.3 is 19.5 Å². The number of piperidine rings is 1. The van der Waals surface area contributed by atoms with Crippen LogP contribution in [0.5, 0.6) is 11.5 Å². The normalized spacial score (nSPS) is 15.5. The summed E-state index contributed by atoms with van der Waals surface area (Å²) in [4.78, 5) is 14.4. The van der Waals surface area contributed by atoms with Gasteiger partial charge in [-0.1, -0.05) is 13.8 Å². The summed E-state index contributed by atoms with van der Waals surface area (Å²) in [5.41, 5.74) is 0.608. The fourth-order valence-electron chi connectivity index (χ4n) is 2.55. The minimum atomic E-state index is -0.285. The highest BCUT2D eigenvalue weighted by molar-refractivity contribution is 5.95. The molecular weight excluding hydrogens is 294 g/mol. The van der Waals surface area contributed by atoms with Crippen LogP contribution in [0.15, 0.2) is 18.2 Å². The number of nitrogens with zero attached hydrogens (tertiary/aromatic N) is 1. The summed E-state index contributed by atoms with van der Waals surface area (Å²) in [5, 5.41) is 9.56. The topological polar surface area (TPSA) is 59.0 Å². The minimum absolute atomic E-state index is 0.0136. The average molecular weight is 321 g/mol. The molecule has 0 bridgehead atoms. The Bertz CT molecular complexity index is 510. The Kier molecular flexibility index (Phi) is 6.71. The van der Waals surface area contributed by atoms with Crippen molar-refractivity contribution in [2.45, 2.75) is 45.6 Å². The number of rotatable bonds is 7. The molecule has 0 aromatic heterocycles. The van der Waals surface area contributed by atoms with Gasteiger partial charge in [-0.05, 0) is 43.9 Å². The predicted octanol–water partition coefficient (Wildman–Crippen LogP) is 2.86. The maximum atomic E-state index is 12.6. The van der Waals surface area contributed by atoms with E-state index in [1.165, 1.54) is 0 Å². The van der Waals surface area contributed by atoms with Crippen molar-refractivity contribution in [3.05, 3.63) is 23.8 Å². The van der Waals surface area contributed by atoms with Gasteiger partial charge in [-0.3, -0.25) is 4.79 Å². The summed E-state index contributed by atoms with van der Waals surface area (Å²) in [6, 6.07) is 5.37. The molecule has 1 fully saturated rings. The van der Waals surface area contributed by atoms with E-state index in [0.29, 0.717) is 56.2 Å². The molecule has 0 unspecified atom stereocenters. The van der Waals surface area contributed by atoms with Crippen LogP contribution in [-0.2, 0) is 0 Å². The highest BCUT2D eigenvalue weighted by Gasteiger charge is 2.23. The van der Waals surface area contributed by atoms with Crippen molar-refractivity contribution >= 4 is 5.91 Å². The zero-order valence-electron chi connectivity index (χ0n) is 14.1. The maximum absolute atomic E-state index is 12.6. The number of carbonyl (C=O) groups is 1. The van der Waals surface area contributed by atoms with Crippen LogP contribution < -0.4 is 9.47 Å². The van der Waals surface area contributed by atoms with Crippen LogP contribution in [0, 0.1) is 0 Å². The number of likely N-dealkylation sites (tertiary alicyclic amines) is 1. The van der Waals surface area contributed by atoms with Gasteiger partial charge in [-0.2, -0.15) is 0 Å². The van der Waals surface area contributed by atoms with E-state index in [0.717, 1.165) is 12.8 Å². The van der Waals surface area contributed by atoms with Crippen LogP contribution in [-0.4, -0.2) is 48.3 Å². The van der Waals surface area contributed by atoms with E-state index in [-0.39, 0.29) is 12.0 Å². The standard InChI is InChI=1S/C18H27NO4/c1-3-11-22-16-6-5-14(13-17(16)23-12-4-2)18(21)19-9-7-15(20)8-10-19/h5-6,13,15,20H,3-4,7-12H2,1-2H3. The molecule has 0 radical (unpaired) electrons. The van der Waals surface area contributed by atoms with Crippen LogP contribution in [0.25, 0.3) is 0 Å². The molecule has 1 heterocycles. The highest BCUT2D eigenvalue weighted by Crippen LogP contribution is 2.29. The van der Waals surface area contributed by atoms with Crippen molar-refractivity contribution < 1.29 is 19.4 Å². The van der Waals surface area contributed by atoms with Gasteiger partial charge in [0.05, 0.1) is 19.3 Å². The Morgan fingerprint density at radius 1 is 1.13 bits per heavy atom. The van der Waals surface area contributed by atoms with Crippen LogP contribution in [0.3, 0.4) is 0 Å². The van der Waals surface area contributed by atoms with Gasteiger partial charge in [-0.15, -0.1) is 0 Å². The SMILES string of the molecule is CCCOc1ccc(C(=O)N2CCC(O)CC2)cc1OCCC. The van der Waals surface area contributed by atoms with E-state index >= 15 is 0 Å². The first-order valence-electron chi connectivity index (χ1n) is 8.52. The van der Waals surface area contributed by atoms with Crippen molar-refractivity contribution in [2.24, 2.45) is 0 Å². The molecule has 1 saturated heterocycles. The first-order valence-corrected chi connectivity index (χ1v) is 8.52. The van der Waals surface area contributed by atoms with Gasteiger partial charge in [0.25, 0.3) is 5.91 Å². The number of carbonyl (C=O) groups excluding carboxylic acids is 1. The molecule has 5 heteroatoms. The number of ether oxygens (including phenoxy) is 2. The third-order valence-electron chi connectivity index (χ3n) is 3.87. The molecule has 1 aromatic rings. The third-order valence-corrected chi connectivity index (χ3v) is 3.87. The molecule has 0 spiro atoms. The fraction of sp³-hybridized carbons (Fsp3) is 0.611.